The normalized spacial score (nSPS) is 11.0. The average molecular weight is 348 g/mol. The Morgan fingerprint density at radius 1 is 1.08 bits per heavy atom. The quantitative estimate of drug-likeness (QED) is 0.463. The molecule has 3 N–H and O–H groups in total. The Bertz CT molecular complexity index is 1160. The molecule has 0 radical (unpaired) electrons. The van der Waals surface area contributed by atoms with E-state index in [4.69, 9.17) is 4.74 Å². The van der Waals surface area contributed by atoms with Crippen LogP contribution in [0.1, 0.15) is 5.56 Å². The number of hydrogen-bond acceptors (Lipinski definition) is 6. The minimum atomic E-state index is -0.523. The van der Waals surface area contributed by atoms with Gasteiger partial charge in [0.1, 0.15) is 17.1 Å². The Hall–Kier alpha value is -3.61. The van der Waals surface area contributed by atoms with Crippen LogP contribution in [0.5, 0.6) is 5.75 Å². The first kappa shape index (κ1) is 15.9. The number of hydrogen-bond donors (Lipinski definition) is 3. The number of nitrogens with zero attached hydrogens (tertiary/aromatic N) is 1. The van der Waals surface area contributed by atoms with Crippen LogP contribution >= 0.6 is 0 Å². The van der Waals surface area contributed by atoms with E-state index in [1.54, 1.807) is 13.3 Å². The van der Waals surface area contributed by atoms with Gasteiger partial charge >= 0.3 is 0 Å². The molecule has 4 aromatic rings. The predicted molar refractivity (Wildman–Crippen MR) is 101 cm³/mol. The fraction of sp³-hybridized carbons (Fsp3) is 0.105. The molecular weight excluding hydrogens is 332 g/mol. The van der Waals surface area contributed by atoms with Crippen LogP contribution in [-0.2, 0) is 6.54 Å². The van der Waals surface area contributed by atoms with Crippen LogP contribution in [0.15, 0.2) is 58.3 Å². The topological polar surface area (TPSA) is 96.1 Å². The summed E-state index contributed by atoms with van der Waals surface area (Å²) in [6.45, 7) is 0.414. The summed E-state index contributed by atoms with van der Waals surface area (Å²) in [5.74, 6) is 0.737. The van der Waals surface area contributed by atoms with E-state index in [0.717, 1.165) is 27.9 Å². The van der Waals surface area contributed by atoms with Gasteiger partial charge in [0.25, 0.3) is 10.9 Å². The molecule has 0 saturated heterocycles. The number of nitrogens with one attached hydrogen (secondary N) is 3. The standard InChI is InChI=1S/C19H16N4O3/c1-26-14-4-2-3-11(7-14)9-20-16-17(19(25)18(16)24)22-13-5-6-15-12(8-13)10-21-23-15/h2-8,10,20,22H,9H2,1H3,(H,21,23). The Morgan fingerprint density at radius 3 is 2.77 bits per heavy atom. The van der Waals surface area contributed by atoms with Crippen LogP contribution in [0.3, 0.4) is 0 Å². The Morgan fingerprint density at radius 2 is 1.92 bits per heavy atom. The maximum Gasteiger partial charge on any atom is 0.253 e. The molecule has 0 aliphatic heterocycles. The summed E-state index contributed by atoms with van der Waals surface area (Å²) < 4.78 is 5.19. The van der Waals surface area contributed by atoms with Crippen molar-refractivity contribution < 1.29 is 4.74 Å². The summed E-state index contributed by atoms with van der Waals surface area (Å²) in [4.78, 5) is 23.9. The number of ether oxygens (including phenoxy) is 1. The molecule has 0 atom stereocenters. The van der Waals surface area contributed by atoms with Crippen molar-refractivity contribution in [2.24, 2.45) is 0 Å². The first-order chi connectivity index (χ1) is 12.7. The van der Waals surface area contributed by atoms with E-state index in [2.05, 4.69) is 20.8 Å². The molecule has 0 aliphatic rings. The molecule has 0 unspecified atom stereocenters. The minimum Gasteiger partial charge on any atom is -0.497 e. The van der Waals surface area contributed by atoms with Crippen molar-refractivity contribution in [1.82, 2.24) is 10.2 Å². The molecule has 1 heterocycles. The highest BCUT2D eigenvalue weighted by Crippen LogP contribution is 2.24. The zero-order valence-corrected chi connectivity index (χ0v) is 14.0. The first-order valence-electron chi connectivity index (χ1n) is 8.06. The number of methoxy groups -OCH3 is 1. The van der Waals surface area contributed by atoms with Gasteiger partial charge in [-0.15, -0.1) is 0 Å². The average Bonchev–Trinajstić information content (AvgIpc) is 3.15. The van der Waals surface area contributed by atoms with Crippen LogP contribution in [0, 0.1) is 0 Å². The van der Waals surface area contributed by atoms with Crippen LogP contribution in [0.25, 0.3) is 10.9 Å². The third-order valence-electron chi connectivity index (χ3n) is 4.22. The highest BCUT2D eigenvalue weighted by molar-refractivity contribution is 5.85. The summed E-state index contributed by atoms with van der Waals surface area (Å²) in [5, 5.41) is 13.8. The number of benzene rings is 2. The largest absolute Gasteiger partial charge is 0.497 e. The van der Waals surface area contributed by atoms with Gasteiger partial charge in [-0.05, 0) is 35.9 Å². The predicted octanol–water partition coefficient (Wildman–Crippen LogP) is 2.52. The van der Waals surface area contributed by atoms with Crippen LogP contribution in [-0.4, -0.2) is 17.3 Å². The summed E-state index contributed by atoms with van der Waals surface area (Å²) in [7, 11) is 1.60. The molecule has 3 aromatic carbocycles. The Kier molecular flexibility index (Phi) is 3.89. The van der Waals surface area contributed by atoms with Gasteiger partial charge in [-0.2, -0.15) is 5.10 Å². The highest BCUT2D eigenvalue weighted by atomic mass is 16.5. The highest BCUT2D eigenvalue weighted by Gasteiger charge is 2.21. The smallest absolute Gasteiger partial charge is 0.253 e. The maximum atomic E-state index is 12.0. The molecule has 0 aliphatic carbocycles. The lowest BCUT2D eigenvalue weighted by Gasteiger charge is -2.15. The lowest BCUT2D eigenvalue weighted by atomic mass is 10.1. The second kappa shape index (κ2) is 6.36. The molecule has 7 nitrogen and oxygen atoms in total. The zero-order valence-electron chi connectivity index (χ0n) is 14.0. The number of H-pyrrole nitrogens is 1. The van der Waals surface area contributed by atoms with Crippen molar-refractivity contribution in [2.45, 2.75) is 6.54 Å². The Labute approximate surface area is 148 Å². The van der Waals surface area contributed by atoms with Gasteiger partial charge in [0.15, 0.2) is 0 Å². The van der Waals surface area contributed by atoms with Crippen LogP contribution < -0.4 is 26.2 Å². The van der Waals surface area contributed by atoms with E-state index >= 15 is 0 Å². The summed E-state index contributed by atoms with van der Waals surface area (Å²) in [6, 6.07) is 13.1. The van der Waals surface area contributed by atoms with Crippen molar-refractivity contribution in [3.8, 4) is 5.75 Å². The van der Waals surface area contributed by atoms with Gasteiger partial charge < -0.3 is 15.4 Å². The molecule has 0 saturated carbocycles. The number of fused-ring (bicyclic) bond motifs is 1. The van der Waals surface area contributed by atoms with Crippen molar-refractivity contribution in [3.05, 3.63) is 74.7 Å². The third-order valence-corrected chi connectivity index (χ3v) is 4.22. The molecule has 1 aromatic heterocycles. The number of anilines is 3. The third kappa shape index (κ3) is 2.79. The van der Waals surface area contributed by atoms with Gasteiger partial charge in [-0.25, -0.2) is 0 Å². The molecule has 26 heavy (non-hydrogen) atoms. The van der Waals surface area contributed by atoms with Crippen molar-refractivity contribution in [1.29, 1.82) is 0 Å². The molecule has 0 fully saturated rings. The fourth-order valence-electron chi connectivity index (χ4n) is 2.82. The molecule has 130 valence electrons. The lowest BCUT2D eigenvalue weighted by Crippen LogP contribution is -2.36. The van der Waals surface area contributed by atoms with E-state index in [9.17, 15) is 9.59 Å². The fourth-order valence-corrected chi connectivity index (χ4v) is 2.82. The van der Waals surface area contributed by atoms with E-state index in [1.807, 2.05) is 42.5 Å². The van der Waals surface area contributed by atoms with Gasteiger partial charge in [0, 0.05) is 17.6 Å². The molecule has 7 heteroatoms. The molecular formula is C19H16N4O3. The second-order valence-corrected chi connectivity index (χ2v) is 5.91. The second-order valence-electron chi connectivity index (χ2n) is 5.91. The van der Waals surface area contributed by atoms with Gasteiger partial charge in [0.2, 0.25) is 0 Å². The molecule has 0 amide bonds. The zero-order chi connectivity index (χ0) is 18.1. The van der Waals surface area contributed by atoms with Crippen LogP contribution in [0.4, 0.5) is 17.1 Å². The lowest BCUT2D eigenvalue weighted by molar-refractivity contribution is 0.414. The van der Waals surface area contributed by atoms with E-state index in [-0.39, 0.29) is 5.69 Å². The minimum absolute atomic E-state index is 0.278. The van der Waals surface area contributed by atoms with E-state index < -0.39 is 10.9 Å². The van der Waals surface area contributed by atoms with Gasteiger partial charge in [-0.1, -0.05) is 12.1 Å². The van der Waals surface area contributed by atoms with Gasteiger partial charge in [-0.3, -0.25) is 14.7 Å². The van der Waals surface area contributed by atoms with Gasteiger partial charge in [0.05, 0.1) is 18.8 Å². The Balaban J connectivity index is 1.53. The van der Waals surface area contributed by atoms with Crippen molar-refractivity contribution in [3.63, 3.8) is 0 Å². The SMILES string of the molecule is COc1cccc(CNc2c(Nc3ccc4[nH]ncc4c3)c(=O)c2=O)c1. The monoisotopic (exact) mass is 348 g/mol. The summed E-state index contributed by atoms with van der Waals surface area (Å²) in [6.07, 6.45) is 1.70. The maximum absolute atomic E-state index is 12.0. The van der Waals surface area contributed by atoms with Crippen molar-refractivity contribution in [2.75, 3.05) is 17.7 Å². The first-order valence-corrected chi connectivity index (χ1v) is 8.06. The van der Waals surface area contributed by atoms with E-state index in [1.165, 1.54) is 0 Å². The number of aromatic nitrogens is 2. The van der Waals surface area contributed by atoms with E-state index in [0.29, 0.717) is 12.2 Å². The summed E-state index contributed by atoms with van der Waals surface area (Å²) in [5.41, 5.74) is 2.10. The molecule has 0 spiro atoms. The molecule has 0 bridgehead atoms. The van der Waals surface area contributed by atoms with Crippen molar-refractivity contribution >= 4 is 28.0 Å². The van der Waals surface area contributed by atoms with Crippen LogP contribution in [0.2, 0.25) is 0 Å². The summed E-state index contributed by atoms with van der Waals surface area (Å²) >= 11 is 0. The molecule has 4 rings (SSSR count). The number of rotatable bonds is 6. The number of aromatic amines is 1.